The minimum Gasteiger partial charge on any atom is -0.378 e. The first kappa shape index (κ1) is 27.6. The van der Waals surface area contributed by atoms with Gasteiger partial charge in [-0.25, -0.2) is 0 Å². The predicted octanol–water partition coefficient (Wildman–Crippen LogP) is 2.20. The van der Waals surface area contributed by atoms with Crippen LogP contribution in [0.5, 0.6) is 0 Å². The molecule has 8 nitrogen and oxygen atoms in total. The Bertz CT molecular complexity index is 992. The molecular formula is C28H37N3O5. The van der Waals surface area contributed by atoms with Gasteiger partial charge in [-0.1, -0.05) is 36.1 Å². The molecule has 0 unspecified atom stereocenters. The molecule has 0 radical (unpaired) electrons. The molecule has 36 heavy (non-hydrogen) atoms. The zero-order valence-corrected chi connectivity index (χ0v) is 21.1. The molecule has 194 valence electrons. The maximum Gasteiger partial charge on any atom is 0.227 e. The van der Waals surface area contributed by atoms with Crippen LogP contribution in [0.1, 0.15) is 31.2 Å². The number of benzene rings is 1. The van der Waals surface area contributed by atoms with E-state index < -0.39 is 0 Å². The Morgan fingerprint density at radius 2 is 1.58 bits per heavy atom. The molecular weight excluding hydrogens is 458 g/mol. The van der Waals surface area contributed by atoms with Crippen LogP contribution in [0.4, 0.5) is 5.69 Å². The number of fused-ring (bicyclic) bond motifs is 2. The smallest absolute Gasteiger partial charge is 0.227 e. The van der Waals surface area contributed by atoms with Crippen molar-refractivity contribution in [1.29, 1.82) is 0 Å². The van der Waals surface area contributed by atoms with Crippen molar-refractivity contribution in [2.75, 3.05) is 71.2 Å². The average Bonchev–Trinajstić information content (AvgIpc) is 2.89. The molecule has 0 atom stereocenters. The molecule has 8 heteroatoms. The molecule has 0 spiro atoms. The van der Waals surface area contributed by atoms with Crippen LogP contribution in [-0.2, 0) is 23.8 Å². The van der Waals surface area contributed by atoms with E-state index in [2.05, 4.69) is 34.6 Å². The summed E-state index contributed by atoms with van der Waals surface area (Å²) in [5.74, 6) is 6.22. The van der Waals surface area contributed by atoms with E-state index in [0.29, 0.717) is 52.7 Å². The zero-order valence-electron chi connectivity index (χ0n) is 21.1. The number of likely N-dealkylation sites (N-methyl/N-ethyl adjacent to an activating group) is 1. The Balaban J connectivity index is 1.35. The summed E-state index contributed by atoms with van der Waals surface area (Å²) in [5, 5.41) is 5.82. The Morgan fingerprint density at radius 1 is 0.889 bits per heavy atom. The van der Waals surface area contributed by atoms with Gasteiger partial charge in [-0.2, -0.15) is 0 Å². The number of hydrogen-bond acceptors (Lipinski definition) is 6. The molecule has 1 aromatic rings. The lowest BCUT2D eigenvalue weighted by molar-refractivity contribution is -0.125. The summed E-state index contributed by atoms with van der Waals surface area (Å²) < 4.78 is 16.3. The summed E-state index contributed by atoms with van der Waals surface area (Å²) >= 11 is 0. The molecule has 0 bridgehead atoms. The second-order valence-electron chi connectivity index (χ2n) is 8.46. The maximum absolute atomic E-state index is 13.2. The largest absolute Gasteiger partial charge is 0.378 e. The lowest BCUT2D eigenvalue weighted by Crippen LogP contribution is -2.35. The number of ether oxygens (including phenoxy) is 3. The fourth-order valence-electron chi connectivity index (χ4n) is 3.86. The highest BCUT2D eigenvalue weighted by molar-refractivity contribution is 5.97. The van der Waals surface area contributed by atoms with Gasteiger partial charge < -0.3 is 29.7 Å². The fourth-order valence-corrected chi connectivity index (χ4v) is 3.86. The number of nitrogens with zero attached hydrogens (tertiary/aromatic N) is 1. The van der Waals surface area contributed by atoms with Crippen LogP contribution in [-0.4, -0.2) is 78.1 Å². The Labute approximate surface area is 214 Å². The van der Waals surface area contributed by atoms with E-state index in [0.717, 1.165) is 41.8 Å². The second-order valence-corrected chi connectivity index (χ2v) is 8.46. The van der Waals surface area contributed by atoms with Gasteiger partial charge in [-0.3, -0.25) is 9.59 Å². The van der Waals surface area contributed by atoms with Crippen molar-refractivity contribution < 1.29 is 23.8 Å². The minimum atomic E-state index is -0.167. The molecule has 0 saturated heterocycles. The van der Waals surface area contributed by atoms with Gasteiger partial charge in [-0.15, -0.1) is 0 Å². The number of carbonyl (C=O) groups is 2. The topological polar surface area (TPSA) is 89.1 Å². The first-order valence-corrected chi connectivity index (χ1v) is 12.6. The number of rotatable bonds is 15. The highest BCUT2D eigenvalue weighted by Gasteiger charge is 2.23. The first-order valence-electron chi connectivity index (χ1n) is 12.6. The van der Waals surface area contributed by atoms with E-state index in [1.54, 1.807) is 4.90 Å². The lowest BCUT2D eigenvalue weighted by atomic mass is 9.95. The van der Waals surface area contributed by atoms with Gasteiger partial charge >= 0.3 is 0 Å². The molecule has 2 N–H and O–H groups in total. The molecule has 2 amide bonds. The summed E-state index contributed by atoms with van der Waals surface area (Å²) in [6, 6.07) is 7.67. The second kappa shape index (κ2) is 15.9. The number of allylic oxidation sites excluding steroid dienone is 2. The molecule has 1 aliphatic carbocycles. The van der Waals surface area contributed by atoms with Crippen molar-refractivity contribution in [3.8, 4) is 11.8 Å². The summed E-state index contributed by atoms with van der Waals surface area (Å²) in [7, 11) is 1.88. The van der Waals surface area contributed by atoms with Crippen molar-refractivity contribution in [2.45, 2.75) is 25.7 Å². The van der Waals surface area contributed by atoms with Crippen LogP contribution in [0.3, 0.4) is 0 Å². The summed E-state index contributed by atoms with van der Waals surface area (Å²) in [6.07, 6.45) is 6.47. The van der Waals surface area contributed by atoms with Gasteiger partial charge in [0, 0.05) is 37.1 Å². The maximum atomic E-state index is 13.2. The number of nitrogens with one attached hydrogen (secondary N) is 2. The van der Waals surface area contributed by atoms with Crippen LogP contribution < -0.4 is 15.5 Å². The molecule has 1 heterocycles. The molecule has 1 aromatic carbocycles. The fraction of sp³-hybridized carbons (Fsp3) is 0.500. The minimum absolute atomic E-state index is 0.0875. The summed E-state index contributed by atoms with van der Waals surface area (Å²) in [4.78, 5) is 27.2. The van der Waals surface area contributed by atoms with Gasteiger partial charge in [0.15, 0.2) is 0 Å². The van der Waals surface area contributed by atoms with Crippen LogP contribution >= 0.6 is 0 Å². The van der Waals surface area contributed by atoms with Crippen molar-refractivity contribution in [3.05, 3.63) is 53.1 Å². The SMILES string of the molecule is CNCCOCCOCCOCCNC(=O)CCC(=O)N1CC2=CCCC=C2C#Cc2ccccc21. The Hall–Kier alpha value is -2.96. The average molecular weight is 496 g/mol. The third-order valence-corrected chi connectivity index (χ3v) is 5.78. The summed E-state index contributed by atoms with van der Waals surface area (Å²) in [6.45, 7) is 4.76. The standard InChI is InChI=1S/C28H37N3O5/c1-29-14-16-34-18-20-36-21-19-35-17-15-30-27(32)12-13-28(33)31-22-25-8-3-2-6-23(25)10-11-24-7-4-5-9-26(24)31/h4-9,29H,2-3,12-22H2,1H3,(H,30,32). The van der Waals surface area contributed by atoms with Gasteiger partial charge in [-0.05, 0) is 37.6 Å². The molecule has 2 aliphatic rings. The molecule has 0 saturated carbocycles. The number of para-hydroxylation sites is 1. The predicted molar refractivity (Wildman–Crippen MR) is 140 cm³/mol. The Kier molecular flexibility index (Phi) is 12.2. The van der Waals surface area contributed by atoms with Crippen LogP contribution in [0.2, 0.25) is 0 Å². The van der Waals surface area contributed by atoms with Crippen molar-refractivity contribution in [1.82, 2.24) is 10.6 Å². The van der Waals surface area contributed by atoms with Crippen molar-refractivity contribution in [2.24, 2.45) is 0 Å². The van der Waals surface area contributed by atoms with E-state index in [1.807, 2.05) is 31.3 Å². The normalized spacial score (nSPS) is 14.3. The molecule has 0 fully saturated rings. The third kappa shape index (κ3) is 9.25. The van der Waals surface area contributed by atoms with E-state index in [-0.39, 0.29) is 24.7 Å². The van der Waals surface area contributed by atoms with E-state index in [1.165, 1.54) is 0 Å². The van der Waals surface area contributed by atoms with E-state index in [4.69, 9.17) is 14.2 Å². The highest BCUT2D eigenvalue weighted by atomic mass is 16.5. The van der Waals surface area contributed by atoms with Gasteiger partial charge in [0.2, 0.25) is 11.8 Å². The summed E-state index contributed by atoms with van der Waals surface area (Å²) in [5.41, 5.74) is 3.68. The number of hydrogen-bond donors (Lipinski definition) is 2. The van der Waals surface area contributed by atoms with Crippen LogP contribution in [0.25, 0.3) is 0 Å². The van der Waals surface area contributed by atoms with Crippen molar-refractivity contribution >= 4 is 17.5 Å². The van der Waals surface area contributed by atoms with E-state index >= 15 is 0 Å². The zero-order chi connectivity index (χ0) is 25.4. The Morgan fingerprint density at radius 3 is 2.36 bits per heavy atom. The van der Waals surface area contributed by atoms with Crippen LogP contribution in [0.15, 0.2) is 47.6 Å². The lowest BCUT2D eigenvalue weighted by Gasteiger charge is -2.27. The third-order valence-electron chi connectivity index (χ3n) is 5.78. The van der Waals surface area contributed by atoms with Crippen molar-refractivity contribution in [3.63, 3.8) is 0 Å². The monoisotopic (exact) mass is 495 g/mol. The first-order chi connectivity index (χ1) is 17.7. The number of anilines is 1. The quantitative estimate of drug-likeness (QED) is 0.287. The molecule has 3 rings (SSSR count). The molecule has 0 aromatic heterocycles. The molecule has 1 aliphatic heterocycles. The number of carbonyl (C=O) groups excluding carboxylic acids is 2. The van der Waals surface area contributed by atoms with Gasteiger partial charge in [0.25, 0.3) is 0 Å². The number of amides is 2. The highest BCUT2D eigenvalue weighted by Crippen LogP contribution is 2.28. The van der Waals surface area contributed by atoms with Gasteiger partial charge in [0.1, 0.15) is 0 Å². The van der Waals surface area contributed by atoms with Gasteiger partial charge in [0.05, 0.1) is 51.9 Å². The van der Waals surface area contributed by atoms with E-state index in [9.17, 15) is 9.59 Å². The van der Waals surface area contributed by atoms with Crippen LogP contribution in [0, 0.1) is 11.8 Å².